The Morgan fingerprint density at radius 1 is 0.889 bits per heavy atom. The third-order valence-corrected chi connectivity index (χ3v) is 8.49. The lowest BCUT2D eigenvalue weighted by Crippen LogP contribution is -2.48. The van der Waals surface area contributed by atoms with Gasteiger partial charge < -0.3 is 4.90 Å². The van der Waals surface area contributed by atoms with Crippen molar-refractivity contribution < 1.29 is 8.42 Å². The molecule has 0 atom stereocenters. The first-order chi connectivity index (χ1) is 13.0. The summed E-state index contributed by atoms with van der Waals surface area (Å²) in [4.78, 5) is 2.94. The fraction of sp³-hybridized carbons (Fsp3) is 0.524. The zero-order valence-electron chi connectivity index (χ0n) is 15.8. The Balaban J connectivity index is 1.52. The normalized spacial score (nSPS) is 21.7. The van der Waals surface area contributed by atoms with Gasteiger partial charge in [0.15, 0.2) is 0 Å². The third kappa shape index (κ3) is 3.75. The maximum atomic E-state index is 13.3. The lowest BCUT2D eigenvalue weighted by molar-refractivity contribution is 0.101. The molecule has 2 aromatic rings. The van der Waals surface area contributed by atoms with Gasteiger partial charge in [0, 0.05) is 34.9 Å². The molecule has 0 unspecified atom stereocenters. The average Bonchev–Trinajstić information content (AvgIpc) is 2.69. The first-order valence-electron chi connectivity index (χ1n) is 9.88. The average molecular weight is 407 g/mol. The summed E-state index contributed by atoms with van der Waals surface area (Å²) in [5.74, 6) is 0.819. The van der Waals surface area contributed by atoms with E-state index in [4.69, 9.17) is 11.6 Å². The van der Waals surface area contributed by atoms with Gasteiger partial charge in [-0.25, -0.2) is 8.42 Å². The zero-order chi connectivity index (χ0) is 19.0. The molecule has 4 nitrogen and oxygen atoms in total. The molecule has 27 heavy (non-hydrogen) atoms. The summed E-state index contributed by atoms with van der Waals surface area (Å²) in [6, 6.07) is 11.3. The predicted molar refractivity (Wildman–Crippen MR) is 111 cm³/mol. The van der Waals surface area contributed by atoms with E-state index in [1.165, 1.54) is 12.8 Å². The number of piperidine rings is 2. The number of hydrogen-bond acceptors (Lipinski definition) is 3. The Hall–Kier alpha value is -1.14. The van der Waals surface area contributed by atoms with Crippen LogP contribution in [0.5, 0.6) is 0 Å². The molecular formula is C21H27ClN2O2S. The minimum absolute atomic E-state index is 0.368. The number of halogens is 1. The van der Waals surface area contributed by atoms with Crippen molar-refractivity contribution in [1.82, 2.24) is 9.21 Å². The summed E-state index contributed by atoms with van der Waals surface area (Å²) in [6.07, 6.45) is 4.35. The number of benzene rings is 2. The van der Waals surface area contributed by atoms with Crippen molar-refractivity contribution in [1.29, 1.82) is 0 Å². The molecule has 0 aromatic heterocycles. The van der Waals surface area contributed by atoms with Crippen LogP contribution in [0.4, 0.5) is 0 Å². The molecule has 0 bridgehead atoms. The van der Waals surface area contributed by atoms with Gasteiger partial charge in [-0.05, 0) is 56.8 Å². The summed E-state index contributed by atoms with van der Waals surface area (Å²) in [6.45, 7) is 5.82. The van der Waals surface area contributed by atoms with Crippen molar-refractivity contribution >= 4 is 32.4 Å². The Kier molecular flexibility index (Phi) is 5.48. The van der Waals surface area contributed by atoms with Crippen LogP contribution in [-0.4, -0.2) is 49.8 Å². The van der Waals surface area contributed by atoms with E-state index in [0.29, 0.717) is 34.4 Å². The van der Waals surface area contributed by atoms with Crippen molar-refractivity contribution in [3.05, 3.63) is 41.4 Å². The molecule has 4 rings (SSSR count). The van der Waals surface area contributed by atoms with Crippen molar-refractivity contribution in [2.24, 2.45) is 5.92 Å². The van der Waals surface area contributed by atoms with Gasteiger partial charge >= 0.3 is 0 Å². The molecule has 2 heterocycles. The molecule has 2 fully saturated rings. The van der Waals surface area contributed by atoms with Crippen LogP contribution in [0.15, 0.2) is 41.3 Å². The minimum Gasteiger partial charge on any atom is -0.300 e. The van der Waals surface area contributed by atoms with E-state index in [-0.39, 0.29) is 0 Å². The highest BCUT2D eigenvalue weighted by Gasteiger charge is 2.33. The van der Waals surface area contributed by atoms with Gasteiger partial charge in [-0.1, -0.05) is 42.8 Å². The van der Waals surface area contributed by atoms with E-state index in [9.17, 15) is 8.42 Å². The summed E-state index contributed by atoms with van der Waals surface area (Å²) < 4.78 is 28.3. The van der Waals surface area contributed by atoms with Crippen molar-refractivity contribution in [2.45, 2.75) is 43.5 Å². The van der Waals surface area contributed by atoms with Gasteiger partial charge in [0.2, 0.25) is 10.0 Å². The largest absolute Gasteiger partial charge is 0.300 e. The Labute approximate surface area is 167 Å². The molecule has 2 aromatic carbocycles. The van der Waals surface area contributed by atoms with Crippen molar-refractivity contribution in [2.75, 3.05) is 26.2 Å². The molecular weight excluding hydrogens is 380 g/mol. The topological polar surface area (TPSA) is 40.6 Å². The van der Waals surface area contributed by atoms with Gasteiger partial charge in [-0.2, -0.15) is 4.31 Å². The molecule has 0 radical (unpaired) electrons. The first kappa shape index (κ1) is 19.2. The molecule has 2 aliphatic rings. The van der Waals surface area contributed by atoms with Crippen LogP contribution in [0.3, 0.4) is 0 Å². The second-order valence-corrected chi connectivity index (χ2v) is 10.3. The zero-order valence-corrected chi connectivity index (χ0v) is 17.3. The van der Waals surface area contributed by atoms with Crippen LogP contribution in [0.1, 0.15) is 32.6 Å². The standard InChI is InChI=1S/C21H27ClN2O2S/c1-16-8-12-23(13-9-16)17-10-14-24(15-11-17)27(25,26)21-7-6-20(22)18-4-2-3-5-19(18)21/h2-7,16-17H,8-15H2,1H3. The summed E-state index contributed by atoms with van der Waals surface area (Å²) in [7, 11) is -3.51. The molecule has 146 valence electrons. The summed E-state index contributed by atoms with van der Waals surface area (Å²) in [5.41, 5.74) is 0. The lowest BCUT2D eigenvalue weighted by Gasteiger charge is -2.41. The van der Waals surface area contributed by atoms with E-state index >= 15 is 0 Å². The van der Waals surface area contributed by atoms with Crippen LogP contribution < -0.4 is 0 Å². The Morgan fingerprint density at radius 2 is 1.52 bits per heavy atom. The van der Waals surface area contributed by atoms with Gasteiger partial charge in [-0.15, -0.1) is 0 Å². The number of fused-ring (bicyclic) bond motifs is 1. The maximum absolute atomic E-state index is 13.3. The van der Waals surface area contributed by atoms with Gasteiger partial charge in [-0.3, -0.25) is 0 Å². The van der Waals surface area contributed by atoms with Crippen LogP contribution in [0.25, 0.3) is 10.8 Å². The van der Waals surface area contributed by atoms with Crippen LogP contribution in [0, 0.1) is 5.92 Å². The van der Waals surface area contributed by atoms with Crippen molar-refractivity contribution in [3.63, 3.8) is 0 Å². The number of nitrogens with zero attached hydrogens (tertiary/aromatic N) is 2. The first-order valence-corrected chi connectivity index (χ1v) is 11.7. The van der Waals surface area contributed by atoms with E-state index in [0.717, 1.165) is 37.2 Å². The second-order valence-electron chi connectivity index (χ2n) is 7.94. The maximum Gasteiger partial charge on any atom is 0.243 e. The fourth-order valence-corrected chi connectivity index (χ4v) is 6.33. The van der Waals surface area contributed by atoms with Crippen molar-refractivity contribution in [3.8, 4) is 0 Å². The highest BCUT2D eigenvalue weighted by atomic mass is 35.5. The highest BCUT2D eigenvalue weighted by molar-refractivity contribution is 7.89. The smallest absolute Gasteiger partial charge is 0.243 e. The summed E-state index contributed by atoms with van der Waals surface area (Å²) in [5, 5.41) is 2.08. The van der Waals surface area contributed by atoms with E-state index in [2.05, 4.69) is 11.8 Å². The SMILES string of the molecule is CC1CCN(C2CCN(S(=O)(=O)c3ccc(Cl)c4ccccc34)CC2)CC1. The summed E-state index contributed by atoms with van der Waals surface area (Å²) >= 11 is 6.27. The van der Waals surface area contributed by atoms with Gasteiger partial charge in [0.05, 0.1) is 4.90 Å². The Morgan fingerprint density at radius 3 is 2.19 bits per heavy atom. The van der Waals surface area contributed by atoms with Crippen LogP contribution in [0.2, 0.25) is 5.02 Å². The van der Waals surface area contributed by atoms with Gasteiger partial charge in [0.1, 0.15) is 0 Å². The lowest BCUT2D eigenvalue weighted by atomic mass is 9.95. The van der Waals surface area contributed by atoms with Crippen LogP contribution in [-0.2, 0) is 10.0 Å². The number of rotatable bonds is 3. The number of hydrogen-bond donors (Lipinski definition) is 0. The molecule has 0 saturated carbocycles. The minimum atomic E-state index is -3.51. The third-order valence-electron chi connectivity index (χ3n) is 6.21. The van der Waals surface area contributed by atoms with E-state index < -0.39 is 10.0 Å². The molecule has 0 N–H and O–H groups in total. The highest BCUT2D eigenvalue weighted by Crippen LogP contribution is 2.32. The molecule has 0 aliphatic carbocycles. The molecule has 6 heteroatoms. The molecule has 0 spiro atoms. The molecule has 2 saturated heterocycles. The fourth-order valence-electron chi connectivity index (χ4n) is 4.44. The van der Waals surface area contributed by atoms with E-state index in [1.807, 2.05) is 24.3 Å². The van der Waals surface area contributed by atoms with E-state index in [1.54, 1.807) is 16.4 Å². The number of likely N-dealkylation sites (tertiary alicyclic amines) is 1. The second kappa shape index (κ2) is 7.70. The quantitative estimate of drug-likeness (QED) is 0.759. The predicted octanol–water partition coefficient (Wildman–Crippen LogP) is 4.38. The monoisotopic (exact) mass is 406 g/mol. The number of sulfonamides is 1. The molecule has 0 amide bonds. The van der Waals surface area contributed by atoms with Gasteiger partial charge in [0.25, 0.3) is 0 Å². The van der Waals surface area contributed by atoms with Crippen LogP contribution >= 0.6 is 11.6 Å². The Bertz CT molecular complexity index is 915. The molecule has 2 aliphatic heterocycles.